The summed E-state index contributed by atoms with van der Waals surface area (Å²) in [7, 11) is 0. The van der Waals surface area contributed by atoms with Crippen molar-refractivity contribution in [3.05, 3.63) is 29.3 Å². The summed E-state index contributed by atoms with van der Waals surface area (Å²) in [5.41, 5.74) is 8.49. The molecule has 0 spiro atoms. The van der Waals surface area contributed by atoms with Gasteiger partial charge in [-0.25, -0.2) is 0 Å². The highest BCUT2D eigenvalue weighted by Gasteiger charge is 2.23. The number of nitrogens with zero attached hydrogens (tertiary/aromatic N) is 1. The summed E-state index contributed by atoms with van der Waals surface area (Å²) in [6, 6.07) is 6.07. The van der Waals surface area contributed by atoms with Crippen molar-refractivity contribution in [1.29, 1.82) is 0 Å². The molecular formula is C14H19N3O2. The van der Waals surface area contributed by atoms with E-state index >= 15 is 0 Å². The Morgan fingerprint density at radius 1 is 1.42 bits per heavy atom. The van der Waals surface area contributed by atoms with Gasteiger partial charge in [-0.15, -0.1) is 0 Å². The molecule has 19 heavy (non-hydrogen) atoms. The van der Waals surface area contributed by atoms with Crippen molar-refractivity contribution < 1.29 is 9.59 Å². The van der Waals surface area contributed by atoms with Gasteiger partial charge in [0.05, 0.1) is 13.1 Å². The van der Waals surface area contributed by atoms with Crippen LogP contribution in [0.15, 0.2) is 18.2 Å². The number of carbonyl (C=O) groups is 2. The normalized spacial score (nSPS) is 13.9. The van der Waals surface area contributed by atoms with E-state index in [2.05, 4.69) is 11.4 Å². The largest absolute Gasteiger partial charge is 0.346 e. The Morgan fingerprint density at radius 3 is 2.95 bits per heavy atom. The molecule has 0 atom stereocenters. The molecule has 0 aliphatic carbocycles. The van der Waals surface area contributed by atoms with Crippen LogP contribution < -0.4 is 16.0 Å². The Hall–Kier alpha value is -1.88. The summed E-state index contributed by atoms with van der Waals surface area (Å²) in [4.78, 5) is 25.1. The van der Waals surface area contributed by atoms with E-state index in [4.69, 9.17) is 5.73 Å². The van der Waals surface area contributed by atoms with E-state index in [0.29, 0.717) is 6.54 Å². The number of benzene rings is 1. The molecule has 1 heterocycles. The highest BCUT2D eigenvalue weighted by molar-refractivity contribution is 5.98. The third-order valence-corrected chi connectivity index (χ3v) is 3.34. The van der Waals surface area contributed by atoms with Crippen molar-refractivity contribution in [2.24, 2.45) is 5.73 Å². The van der Waals surface area contributed by atoms with Crippen molar-refractivity contribution in [3.63, 3.8) is 0 Å². The quantitative estimate of drug-likeness (QED) is 0.824. The molecule has 5 heteroatoms. The molecule has 2 rings (SSSR count). The highest BCUT2D eigenvalue weighted by atomic mass is 16.2. The average molecular weight is 261 g/mol. The van der Waals surface area contributed by atoms with Crippen molar-refractivity contribution in [1.82, 2.24) is 5.32 Å². The van der Waals surface area contributed by atoms with Gasteiger partial charge >= 0.3 is 0 Å². The number of aryl methyl sites for hydroxylation is 2. The fourth-order valence-corrected chi connectivity index (χ4v) is 2.44. The highest BCUT2D eigenvalue weighted by Crippen LogP contribution is 2.30. The number of hydrogen-bond acceptors (Lipinski definition) is 3. The lowest BCUT2D eigenvalue weighted by Gasteiger charge is -2.31. The molecule has 5 nitrogen and oxygen atoms in total. The van der Waals surface area contributed by atoms with E-state index in [9.17, 15) is 9.59 Å². The van der Waals surface area contributed by atoms with Gasteiger partial charge < -0.3 is 16.0 Å². The zero-order valence-corrected chi connectivity index (χ0v) is 11.1. The Labute approximate surface area is 112 Å². The number of nitrogens with two attached hydrogens (primary N) is 1. The standard InChI is InChI=1S/C14H19N3O2/c1-10-4-2-5-11-6-3-7-17(14(10)11)13(19)9-16-12(18)8-15/h2,4-5H,3,6-9,15H2,1H3,(H,16,18). The monoisotopic (exact) mass is 261 g/mol. The van der Waals surface area contributed by atoms with Crippen LogP contribution in [0.25, 0.3) is 0 Å². The van der Waals surface area contributed by atoms with E-state index in [-0.39, 0.29) is 24.9 Å². The smallest absolute Gasteiger partial charge is 0.246 e. The second kappa shape index (κ2) is 5.84. The molecule has 102 valence electrons. The first-order chi connectivity index (χ1) is 9.13. The minimum absolute atomic E-state index is 0.00378. The van der Waals surface area contributed by atoms with Crippen LogP contribution in [0.3, 0.4) is 0 Å². The van der Waals surface area contributed by atoms with E-state index in [0.717, 1.165) is 24.1 Å². The van der Waals surface area contributed by atoms with Gasteiger partial charge in [0.2, 0.25) is 11.8 Å². The summed E-state index contributed by atoms with van der Waals surface area (Å²) in [6.45, 7) is 2.62. The predicted octanol–water partition coefficient (Wildman–Crippen LogP) is 0.349. The van der Waals surface area contributed by atoms with Crippen molar-refractivity contribution >= 4 is 17.5 Å². The van der Waals surface area contributed by atoms with E-state index in [1.807, 2.05) is 19.1 Å². The number of fused-ring (bicyclic) bond motifs is 1. The van der Waals surface area contributed by atoms with Crippen molar-refractivity contribution in [2.75, 3.05) is 24.5 Å². The van der Waals surface area contributed by atoms with E-state index in [1.165, 1.54) is 5.56 Å². The zero-order chi connectivity index (χ0) is 13.8. The molecule has 1 aromatic carbocycles. The fraction of sp³-hybridized carbons (Fsp3) is 0.429. The summed E-state index contributed by atoms with van der Waals surface area (Å²) >= 11 is 0. The maximum atomic E-state index is 12.2. The summed E-state index contributed by atoms with van der Waals surface area (Å²) in [5, 5.41) is 2.52. The maximum absolute atomic E-state index is 12.2. The van der Waals surface area contributed by atoms with Crippen LogP contribution in [0.4, 0.5) is 5.69 Å². The molecule has 1 aliphatic heterocycles. The third kappa shape index (κ3) is 2.93. The van der Waals surface area contributed by atoms with Crippen LogP contribution in [0, 0.1) is 6.92 Å². The first-order valence-corrected chi connectivity index (χ1v) is 6.49. The lowest BCUT2D eigenvalue weighted by molar-refractivity contribution is -0.124. The predicted molar refractivity (Wildman–Crippen MR) is 73.9 cm³/mol. The molecule has 0 radical (unpaired) electrons. The number of hydrogen-bond donors (Lipinski definition) is 2. The molecule has 0 bridgehead atoms. The fourth-order valence-electron chi connectivity index (χ4n) is 2.44. The Balaban J connectivity index is 2.15. The summed E-state index contributed by atoms with van der Waals surface area (Å²) < 4.78 is 0. The van der Waals surface area contributed by atoms with Gasteiger partial charge in [-0.1, -0.05) is 18.2 Å². The Bertz CT molecular complexity index is 499. The molecule has 1 aliphatic rings. The first kappa shape index (κ1) is 13.5. The van der Waals surface area contributed by atoms with Gasteiger partial charge in [0, 0.05) is 12.2 Å². The van der Waals surface area contributed by atoms with Gasteiger partial charge in [-0.2, -0.15) is 0 Å². The Kier molecular flexibility index (Phi) is 4.16. The summed E-state index contributed by atoms with van der Waals surface area (Å²) in [6.07, 6.45) is 1.95. The maximum Gasteiger partial charge on any atom is 0.246 e. The lowest BCUT2D eigenvalue weighted by atomic mass is 9.98. The minimum atomic E-state index is -0.310. The van der Waals surface area contributed by atoms with Crippen LogP contribution in [0.2, 0.25) is 0 Å². The number of para-hydroxylation sites is 1. The van der Waals surface area contributed by atoms with Crippen LogP contribution in [-0.4, -0.2) is 31.4 Å². The van der Waals surface area contributed by atoms with Crippen LogP contribution in [-0.2, 0) is 16.0 Å². The van der Waals surface area contributed by atoms with Gasteiger partial charge in [0.1, 0.15) is 0 Å². The van der Waals surface area contributed by atoms with Gasteiger partial charge in [-0.05, 0) is 30.9 Å². The SMILES string of the molecule is Cc1cccc2c1N(C(=O)CNC(=O)CN)CCC2. The topological polar surface area (TPSA) is 75.4 Å². The molecule has 2 amide bonds. The molecule has 3 N–H and O–H groups in total. The number of nitrogens with one attached hydrogen (secondary N) is 1. The van der Waals surface area contributed by atoms with Gasteiger partial charge in [0.15, 0.2) is 0 Å². The number of anilines is 1. The molecule has 1 aromatic rings. The zero-order valence-electron chi connectivity index (χ0n) is 11.1. The first-order valence-electron chi connectivity index (χ1n) is 6.49. The van der Waals surface area contributed by atoms with Crippen LogP contribution >= 0.6 is 0 Å². The molecule has 0 aromatic heterocycles. The van der Waals surface area contributed by atoms with Crippen LogP contribution in [0.5, 0.6) is 0 Å². The minimum Gasteiger partial charge on any atom is -0.346 e. The van der Waals surface area contributed by atoms with Crippen molar-refractivity contribution in [3.8, 4) is 0 Å². The number of amides is 2. The number of rotatable bonds is 3. The van der Waals surface area contributed by atoms with Gasteiger partial charge in [-0.3, -0.25) is 9.59 Å². The molecular weight excluding hydrogens is 242 g/mol. The molecule has 0 unspecified atom stereocenters. The van der Waals surface area contributed by atoms with Crippen LogP contribution in [0.1, 0.15) is 17.5 Å². The van der Waals surface area contributed by atoms with E-state index in [1.54, 1.807) is 4.90 Å². The third-order valence-electron chi connectivity index (χ3n) is 3.34. The Morgan fingerprint density at radius 2 is 2.21 bits per heavy atom. The molecule has 0 saturated carbocycles. The van der Waals surface area contributed by atoms with Gasteiger partial charge in [0.25, 0.3) is 0 Å². The number of carbonyl (C=O) groups excluding carboxylic acids is 2. The average Bonchev–Trinajstić information content (AvgIpc) is 2.44. The van der Waals surface area contributed by atoms with E-state index < -0.39 is 0 Å². The molecule has 0 fully saturated rings. The van der Waals surface area contributed by atoms with Crippen molar-refractivity contribution in [2.45, 2.75) is 19.8 Å². The molecule has 0 saturated heterocycles. The lowest BCUT2D eigenvalue weighted by Crippen LogP contribution is -2.44. The summed E-state index contributed by atoms with van der Waals surface area (Å²) in [5.74, 6) is -0.396. The second-order valence-corrected chi connectivity index (χ2v) is 4.71. The second-order valence-electron chi connectivity index (χ2n) is 4.71.